The third-order valence-electron chi connectivity index (χ3n) is 4.21. The first-order chi connectivity index (χ1) is 8.43. The predicted octanol–water partition coefficient (Wildman–Crippen LogP) is 3.38. The van der Waals surface area contributed by atoms with Crippen molar-refractivity contribution in [2.45, 2.75) is 66.5 Å². The van der Waals surface area contributed by atoms with Crippen LogP contribution >= 0.6 is 0 Å². The highest BCUT2D eigenvalue weighted by Gasteiger charge is 2.33. The van der Waals surface area contributed by atoms with Crippen LogP contribution in [0.15, 0.2) is 0 Å². The molecule has 0 aromatic carbocycles. The number of nitrogens with one attached hydrogen (secondary N) is 1. The Labute approximate surface area is 115 Å². The lowest BCUT2D eigenvalue weighted by Gasteiger charge is -2.38. The van der Waals surface area contributed by atoms with Crippen LogP contribution in [0.2, 0.25) is 0 Å². The Morgan fingerprint density at radius 2 is 1.72 bits per heavy atom. The van der Waals surface area contributed by atoms with Gasteiger partial charge in [-0.3, -0.25) is 4.90 Å². The third-order valence-corrected chi connectivity index (χ3v) is 4.21. The van der Waals surface area contributed by atoms with E-state index in [0.29, 0.717) is 6.04 Å². The van der Waals surface area contributed by atoms with Gasteiger partial charge in [0.05, 0.1) is 0 Å². The van der Waals surface area contributed by atoms with Gasteiger partial charge in [-0.25, -0.2) is 0 Å². The second-order valence-electron chi connectivity index (χ2n) is 7.05. The van der Waals surface area contributed by atoms with E-state index in [9.17, 15) is 0 Å². The Morgan fingerprint density at radius 3 is 2.22 bits per heavy atom. The summed E-state index contributed by atoms with van der Waals surface area (Å²) in [6, 6.07) is 1.51. The summed E-state index contributed by atoms with van der Waals surface area (Å²) in [5, 5.41) is 3.66. The van der Waals surface area contributed by atoms with Crippen molar-refractivity contribution in [1.82, 2.24) is 10.2 Å². The van der Waals surface area contributed by atoms with Gasteiger partial charge in [-0.2, -0.15) is 0 Å². The van der Waals surface area contributed by atoms with Crippen LogP contribution in [0.1, 0.15) is 54.4 Å². The van der Waals surface area contributed by atoms with Crippen molar-refractivity contribution in [3.63, 3.8) is 0 Å². The van der Waals surface area contributed by atoms with Gasteiger partial charge in [0.25, 0.3) is 0 Å². The Balaban J connectivity index is 2.55. The van der Waals surface area contributed by atoms with Crippen molar-refractivity contribution in [3.05, 3.63) is 0 Å². The molecule has 18 heavy (non-hydrogen) atoms. The molecular weight excluding hydrogens is 220 g/mol. The largest absolute Gasteiger partial charge is 0.315 e. The van der Waals surface area contributed by atoms with E-state index in [0.717, 1.165) is 36.9 Å². The summed E-state index contributed by atoms with van der Waals surface area (Å²) in [5.74, 6) is 2.28. The summed E-state index contributed by atoms with van der Waals surface area (Å²) in [4.78, 5) is 2.78. The molecule has 1 saturated heterocycles. The Bertz CT molecular complexity index is 223. The first-order valence-electron chi connectivity index (χ1n) is 7.90. The van der Waals surface area contributed by atoms with Gasteiger partial charge in [-0.15, -0.1) is 0 Å². The molecule has 0 aromatic rings. The molecule has 2 unspecified atom stereocenters. The van der Waals surface area contributed by atoms with Crippen LogP contribution in [0.25, 0.3) is 0 Å². The number of likely N-dealkylation sites (tertiary alicyclic amines) is 1. The third kappa shape index (κ3) is 4.55. The molecule has 0 bridgehead atoms. The molecule has 0 aliphatic carbocycles. The maximum Gasteiger partial charge on any atom is 0.0246 e. The molecule has 1 aliphatic heterocycles. The SMILES string of the molecule is CC(C)CNCC(C(C)C)N1CCCC1C(C)C. The lowest BCUT2D eigenvalue weighted by atomic mass is 9.96. The summed E-state index contributed by atoms with van der Waals surface area (Å²) in [6.07, 6.45) is 2.78. The molecule has 0 amide bonds. The van der Waals surface area contributed by atoms with Crippen molar-refractivity contribution in [2.24, 2.45) is 17.8 Å². The van der Waals surface area contributed by atoms with Gasteiger partial charge in [0, 0.05) is 18.6 Å². The van der Waals surface area contributed by atoms with E-state index in [1.54, 1.807) is 0 Å². The fourth-order valence-corrected chi connectivity index (χ4v) is 3.20. The molecule has 2 nitrogen and oxygen atoms in total. The molecule has 2 atom stereocenters. The quantitative estimate of drug-likeness (QED) is 0.749. The van der Waals surface area contributed by atoms with Crippen LogP contribution in [-0.4, -0.2) is 36.6 Å². The highest BCUT2D eigenvalue weighted by Crippen LogP contribution is 2.28. The molecule has 108 valence electrons. The predicted molar refractivity (Wildman–Crippen MR) is 80.9 cm³/mol. The van der Waals surface area contributed by atoms with Gasteiger partial charge in [0.2, 0.25) is 0 Å². The topological polar surface area (TPSA) is 15.3 Å². The second-order valence-corrected chi connectivity index (χ2v) is 7.05. The van der Waals surface area contributed by atoms with Gasteiger partial charge in [-0.1, -0.05) is 41.5 Å². The molecule has 0 saturated carbocycles. The van der Waals surface area contributed by atoms with Crippen LogP contribution in [0.5, 0.6) is 0 Å². The second kappa shape index (κ2) is 7.49. The molecule has 2 heteroatoms. The fraction of sp³-hybridized carbons (Fsp3) is 1.00. The molecule has 1 N–H and O–H groups in total. The molecule has 1 aliphatic rings. The monoisotopic (exact) mass is 254 g/mol. The molecule has 0 aromatic heterocycles. The van der Waals surface area contributed by atoms with E-state index in [2.05, 4.69) is 51.8 Å². The standard InChI is InChI=1S/C16H34N2/c1-12(2)10-17-11-16(14(5)6)18-9-7-8-15(18)13(3)4/h12-17H,7-11H2,1-6H3. The maximum atomic E-state index is 3.66. The Morgan fingerprint density at radius 1 is 1.06 bits per heavy atom. The number of rotatable bonds is 7. The Kier molecular flexibility index (Phi) is 6.65. The van der Waals surface area contributed by atoms with Gasteiger partial charge in [-0.05, 0) is 43.7 Å². The first kappa shape index (κ1) is 16.0. The van der Waals surface area contributed by atoms with Crippen molar-refractivity contribution < 1.29 is 0 Å². The minimum Gasteiger partial charge on any atom is -0.315 e. The highest BCUT2D eigenvalue weighted by molar-refractivity contribution is 4.89. The van der Waals surface area contributed by atoms with Crippen molar-refractivity contribution in [2.75, 3.05) is 19.6 Å². The van der Waals surface area contributed by atoms with Crippen LogP contribution in [0.4, 0.5) is 0 Å². The van der Waals surface area contributed by atoms with Crippen molar-refractivity contribution in [3.8, 4) is 0 Å². The zero-order valence-corrected chi connectivity index (χ0v) is 13.4. The van der Waals surface area contributed by atoms with Gasteiger partial charge < -0.3 is 5.32 Å². The van der Waals surface area contributed by atoms with E-state index in [1.165, 1.54) is 19.4 Å². The van der Waals surface area contributed by atoms with E-state index in [-0.39, 0.29) is 0 Å². The number of hydrogen-bond acceptors (Lipinski definition) is 2. The minimum absolute atomic E-state index is 0.707. The van der Waals surface area contributed by atoms with Crippen LogP contribution in [0.3, 0.4) is 0 Å². The fourth-order valence-electron chi connectivity index (χ4n) is 3.20. The van der Waals surface area contributed by atoms with Gasteiger partial charge in [0.1, 0.15) is 0 Å². The number of nitrogens with zero attached hydrogens (tertiary/aromatic N) is 1. The molecule has 1 heterocycles. The average Bonchev–Trinajstić information content (AvgIpc) is 2.72. The summed E-state index contributed by atoms with van der Waals surface area (Å²) in [6.45, 7) is 17.7. The van der Waals surface area contributed by atoms with Gasteiger partial charge >= 0.3 is 0 Å². The maximum absolute atomic E-state index is 3.66. The van der Waals surface area contributed by atoms with E-state index >= 15 is 0 Å². The molecule has 0 radical (unpaired) electrons. The average molecular weight is 254 g/mol. The number of hydrogen-bond donors (Lipinski definition) is 1. The Hall–Kier alpha value is -0.0800. The summed E-state index contributed by atoms with van der Waals surface area (Å²) >= 11 is 0. The minimum atomic E-state index is 0.707. The van der Waals surface area contributed by atoms with Crippen LogP contribution in [0, 0.1) is 17.8 Å². The summed E-state index contributed by atoms with van der Waals surface area (Å²) < 4.78 is 0. The molecule has 1 rings (SSSR count). The van der Waals surface area contributed by atoms with Crippen molar-refractivity contribution in [1.29, 1.82) is 0 Å². The summed E-state index contributed by atoms with van der Waals surface area (Å²) in [5.41, 5.74) is 0. The zero-order chi connectivity index (χ0) is 13.7. The highest BCUT2D eigenvalue weighted by atomic mass is 15.2. The molecular formula is C16H34N2. The summed E-state index contributed by atoms with van der Waals surface area (Å²) in [7, 11) is 0. The lowest BCUT2D eigenvalue weighted by Crippen LogP contribution is -2.49. The molecule has 1 fully saturated rings. The van der Waals surface area contributed by atoms with E-state index in [4.69, 9.17) is 0 Å². The first-order valence-corrected chi connectivity index (χ1v) is 7.90. The van der Waals surface area contributed by atoms with Crippen LogP contribution in [-0.2, 0) is 0 Å². The lowest BCUT2D eigenvalue weighted by molar-refractivity contribution is 0.111. The van der Waals surface area contributed by atoms with E-state index in [1.807, 2.05) is 0 Å². The zero-order valence-electron chi connectivity index (χ0n) is 13.4. The molecule has 0 spiro atoms. The van der Waals surface area contributed by atoms with Crippen molar-refractivity contribution >= 4 is 0 Å². The normalized spacial score (nSPS) is 23.5. The van der Waals surface area contributed by atoms with Crippen LogP contribution < -0.4 is 5.32 Å². The van der Waals surface area contributed by atoms with Gasteiger partial charge in [0.15, 0.2) is 0 Å². The van der Waals surface area contributed by atoms with E-state index < -0.39 is 0 Å². The smallest absolute Gasteiger partial charge is 0.0246 e.